The Balaban J connectivity index is 2.39. The minimum Gasteiger partial charge on any atom is -0.326 e. The van der Waals surface area contributed by atoms with Gasteiger partial charge in [0.15, 0.2) is 5.82 Å². The topological polar surface area (TPSA) is 72.9 Å². The van der Waals surface area contributed by atoms with Crippen LogP contribution in [0.2, 0.25) is 0 Å². The van der Waals surface area contributed by atoms with Crippen molar-refractivity contribution in [3.05, 3.63) is 11.8 Å². The third-order valence-electron chi connectivity index (χ3n) is 2.64. The van der Waals surface area contributed by atoms with Crippen molar-refractivity contribution in [2.24, 2.45) is 12.8 Å². The number of carbonyl (C=O) groups excluding carboxylic acids is 1. The number of amides is 1. The summed E-state index contributed by atoms with van der Waals surface area (Å²) >= 11 is 0. The zero-order chi connectivity index (χ0) is 12.7. The van der Waals surface area contributed by atoms with Crippen molar-refractivity contribution in [1.82, 2.24) is 9.78 Å². The Morgan fingerprint density at radius 3 is 2.88 bits per heavy atom. The molecule has 1 rings (SSSR count). The Morgan fingerprint density at radius 2 is 2.24 bits per heavy atom. The molecule has 0 aliphatic rings. The fourth-order valence-electron chi connectivity index (χ4n) is 1.70. The van der Waals surface area contributed by atoms with Crippen molar-refractivity contribution in [3.63, 3.8) is 0 Å². The summed E-state index contributed by atoms with van der Waals surface area (Å²) in [5.41, 5.74) is 6.44. The van der Waals surface area contributed by atoms with E-state index in [4.69, 9.17) is 5.73 Å². The van der Waals surface area contributed by atoms with Gasteiger partial charge < -0.3 is 11.1 Å². The molecule has 0 spiro atoms. The van der Waals surface area contributed by atoms with E-state index in [1.807, 2.05) is 13.2 Å². The van der Waals surface area contributed by atoms with Gasteiger partial charge in [-0.15, -0.1) is 0 Å². The molecule has 1 aromatic heterocycles. The molecule has 17 heavy (non-hydrogen) atoms. The molecular formula is C12H22N4O. The van der Waals surface area contributed by atoms with Crippen LogP contribution < -0.4 is 11.1 Å². The van der Waals surface area contributed by atoms with E-state index >= 15 is 0 Å². The van der Waals surface area contributed by atoms with Crippen LogP contribution in [0.1, 0.15) is 44.6 Å². The summed E-state index contributed by atoms with van der Waals surface area (Å²) in [6.07, 6.45) is 6.79. The van der Waals surface area contributed by atoms with E-state index in [2.05, 4.69) is 17.3 Å². The number of carbonyl (C=O) groups is 1. The zero-order valence-corrected chi connectivity index (χ0v) is 10.7. The van der Waals surface area contributed by atoms with Crippen molar-refractivity contribution >= 4 is 11.7 Å². The van der Waals surface area contributed by atoms with Crippen LogP contribution in [0.3, 0.4) is 0 Å². The van der Waals surface area contributed by atoms with E-state index in [9.17, 15) is 4.79 Å². The largest absolute Gasteiger partial charge is 0.326 e. The molecule has 0 aliphatic heterocycles. The molecule has 5 nitrogen and oxygen atoms in total. The first-order valence-corrected chi connectivity index (χ1v) is 6.19. The lowest BCUT2D eigenvalue weighted by molar-refractivity contribution is -0.116. The molecule has 0 bridgehead atoms. The van der Waals surface area contributed by atoms with Crippen LogP contribution in [0.15, 0.2) is 6.20 Å². The van der Waals surface area contributed by atoms with Gasteiger partial charge in [-0.1, -0.05) is 26.2 Å². The lowest BCUT2D eigenvalue weighted by Gasteiger charge is -2.03. The average Bonchev–Trinajstić information content (AvgIpc) is 2.65. The number of hydrogen-bond donors (Lipinski definition) is 2. The number of aromatic nitrogens is 2. The Kier molecular flexibility index (Phi) is 5.69. The van der Waals surface area contributed by atoms with Crippen LogP contribution in [0.25, 0.3) is 0 Å². The maximum absolute atomic E-state index is 11.7. The third kappa shape index (κ3) is 4.56. The van der Waals surface area contributed by atoms with Gasteiger partial charge in [0.25, 0.3) is 0 Å². The van der Waals surface area contributed by atoms with Gasteiger partial charge in [0.05, 0.1) is 0 Å². The highest BCUT2D eigenvalue weighted by Gasteiger charge is 2.09. The number of unbranched alkanes of at least 4 members (excludes halogenated alkanes) is 3. The number of anilines is 1. The van der Waals surface area contributed by atoms with E-state index in [1.165, 1.54) is 12.8 Å². The van der Waals surface area contributed by atoms with E-state index < -0.39 is 0 Å². The molecule has 0 unspecified atom stereocenters. The average molecular weight is 238 g/mol. The van der Waals surface area contributed by atoms with Crippen LogP contribution in [-0.4, -0.2) is 15.7 Å². The molecule has 96 valence electrons. The molecule has 0 aliphatic carbocycles. The summed E-state index contributed by atoms with van der Waals surface area (Å²) in [6.45, 7) is 2.54. The monoisotopic (exact) mass is 238 g/mol. The van der Waals surface area contributed by atoms with Crippen molar-refractivity contribution in [1.29, 1.82) is 0 Å². The normalized spacial score (nSPS) is 10.5. The van der Waals surface area contributed by atoms with Crippen LogP contribution in [0, 0.1) is 0 Å². The van der Waals surface area contributed by atoms with Crippen LogP contribution in [0.5, 0.6) is 0 Å². The Morgan fingerprint density at radius 1 is 1.47 bits per heavy atom. The number of nitrogens with two attached hydrogens (primary N) is 1. The van der Waals surface area contributed by atoms with Gasteiger partial charge >= 0.3 is 0 Å². The number of aryl methyl sites for hydroxylation is 1. The number of hydrogen-bond acceptors (Lipinski definition) is 3. The molecule has 0 aromatic carbocycles. The molecule has 0 atom stereocenters. The van der Waals surface area contributed by atoms with E-state index in [-0.39, 0.29) is 5.91 Å². The molecule has 5 heteroatoms. The van der Waals surface area contributed by atoms with Crippen molar-refractivity contribution < 1.29 is 4.79 Å². The van der Waals surface area contributed by atoms with Crippen LogP contribution in [-0.2, 0) is 18.4 Å². The molecule has 1 amide bonds. The van der Waals surface area contributed by atoms with Gasteiger partial charge in [0.2, 0.25) is 5.91 Å². The Labute approximate surface area is 102 Å². The fraction of sp³-hybridized carbons (Fsp3) is 0.667. The minimum absolute atomic E-state index is 0.0227. The molecule has 0 saturated carbocycles. The predicted octanol–water partition coefficient (Wildman–Crippen LogP) is 1.79. The molecule has 3 N–H and O–H groups in total. The first-order valence-electron chi connectivity index (χ1n) is 6.19. The number of nitrogens with one attached hydrogen (secondary N) is 1. The van der Waals surface area contributed by atoms with Gasteiger partial charge in [-0.05, 0) is 6.42 Å². The Hall–Kier alpha value is -1.36. The summed E-state index contributed by atoms with van der Waals surface area (Å²) < 4.78 is 1.66. The zero-order valence-electron chi connectivity index (χ0n) is 10.7. The van der Waals surface area contributed by atoms with Crippen LogP contribution in [0.4, 0.5) is 5.82 Å². The summed E-state index contributed by atoms with van der Waals surface area (Å²) in [7, 11) is 1.82. The molecule has 0 fully saturated rings. The highest BCUT2D eigenvalue weighted by atomic mass is 16.1. The maximum Gasteiger partial charge on any atom is 0.225 e. The molecule has 1 aromatic rings. The molecule has 0 saturated heterocycles. The summed E-state index contributed by atoms with van der Waals surface area (Å²) in [5.74, 6) is 0.616. The van der Waals surface area contributed by atoms with Crippen LogP contribution >= 0.6 is 0 Å². The first kappa shape index (κ1) is 13.7. The van der Waals surface area contributed by atoms with Gasteiger partial charge in [-0.3, -0.25) is 9.48 Å². The quantitative estimate of drug-likeness (QED) is 0.711. The summed E-state index contributed by atoms with van der Waals surface area (Å²) in [6, 6.07) is 0. The summed E-state index contributed by atoms with van der Waals surface area (Å²) in [5, 5.41) is 6.98. The number of nitrogens with zero attached hydrogens (tertiary/aromatic N) is 2. The predicted molar refractivity (Wildman–Crippen MR) is 68.5 cm³/mol. The first-order chi connectivity index (χ1) is 8.17. The van der Waals surface area contributed by atoms with E-state index in [0.29, 0.717) is 18.8 Å². The lowest BCUT2D eigenvalue weighted by atomic mass is 10.1. The maximum atomic E-state index is 11.7. The molecule has 0 radical (unpaired) electrons. The standard InChI is InChI=1S/C12H22N4O/c1-3-4-5-6-7-11(17)14-12-10(8-13)9-16(2)15-12/h9H,3-8,13H2,1-2H3,(H,14,15,17). The summed E-state index contributed by atoms with van der Waals surface area (Å²) in [4.78, 5) is 11.7. The van der Waals surface area contributed by atoms with Gasteiger partial charge in [0, 0.05) is 31.8 Å². The van der Waals surface area contributed by atoms with Gasteiger partial charge in [0.1, 0.15) is 0 Å². The number of rotatable bonds is 7. The van der Waals surface area contributed by atoms with Crippen molar-refractivity contribution in [3.8, 4) is 0 Å². The third-order valence-corrected chi connectivity index (χ3v) is 2.64. The highest BCUT2D eigenvalue weighted by molar-refractivity contribution is 5.90. The second-order valence-corrected chi connectivity index (χ2v) is 4.24. The second kappa shape index (κ2) is 7.06. The smallest absolute Gasteiger partial charge is 0.225 e. The molecular weight excluding hydrogens is 216 g/mol. The minimum atomic E-state index is 0.0227. The van der Waals surface area contributed by atoms with Gasteiger partial charge in [-0.25, -0.2) is 0 Å². The van der Waals surface area contributed by atoms with Crippen molar-refractivity contribution in [2.75, 3.05) is 5.32 Å². The fourth-order valence-corrected chi connectivity index (χ4v) is 1.70. The van der Waals surface area contributed by atoms with Crippen molar-refractivity contribution in [2.45, 2.75) is 45.6 Å². The van der Waals surface area contributed by atoms with Gasteiger partial charge in [-0.2, -0.15) is 5.10 Å². The Bertz CT molecular complexity index is 359. The van der Waals surface area contributed by atoms with E-state index in [1.54, 1.807) is 4.68 Å². The van der Waals surface area contributed by atoms with E-state index in [0.717, 1.165) is 18.4 Å². The molecule has 1 heterocycles. The second-order valence-electron chi connectivity index (χ2n) is 4.24. The lowest BCUT2D eigenvalue weighted by Crippen LogP contribution is -2.13. The SMILES string of the molecule is CCCCCCC(=O)Nc1nn(C)cc1CN. The highest BCUT2D eigenvalue weighted by Crippen LogP contribution is 2.12.